The van der Waals surface area contributed by atoms with E-state index in [-0.39, 0.29) is 18.0 Å². The fraction of sp³-hybridized carbons (Fsp3) is 0.143. The lowest BCUT2D eigenvalue weighted by Gasteiger charge is -2.13. The van der Waals surface area contributed by atoms with Crippen LogP contribution in [0.2, 0.25) is 5.02 Å². The van der Waals surface area contributed by atoms with Crippen molar-refractivity contribution < 1.29 is 14.4 Å². The summed E-state index contributed by atoms with van der Waals surface area (Å²) in [5.74, 6) is 1.09. The van der Waals surface area contributed by atoms with Gasteiger partial charge in [-0.1, -0.05) is 17.7 Å². The van der Waals surface area contributed by atoms with Gasteiger partial charge < -0.3 is 15.2 Å². The molecule has 0 bridgehead atoms. The van der Waals surface area contributed by atoms with Crippen molar-refractivity contribution in [3.63, 3.8) is 0 Å². The van der Waals surface area contributed by atoms with Crippen LogP contribution in [0.25, 0.3) is 0 Å². The first-order chi connectivity index (χ1) is 10.1. The van der Waals surface area contributed by atoms with E-state index >= 15 is 0 Å². The van der Waals surface area contributed by atoms with Gasteiger partial charge in [-0.05, 0) is 18.2 Å². The second kappa shape index (κ2) is 6.43. The number of non-ortho nitro benzene ring substituents is 1. The molecule has 0 aliphatic carbocycles. The zero-order valence-electron chi connectivity index (χ0n) is 11.2. The minimum Gasteiger partial charge on any atom is -0.493 e. The number of rotatable bonds is 5. The van der Waals surface area contributed by atoms with E-state index in [0.717, 1.165) is 0 Å². The van der Waals surface area contributed by atoms with Crippen molar-refractivity contribution in [1.29, 1.82) is 0 Å². The molecule has 0 heterocycles. The number of halogens is 1. The quantitative estimate of drug-likeness (QED) is 0.674. The van der Waals surface area contributed by atoms with Gasteiger partial charge >= 0.3 is 0 Å². The van der Waals surface area contributed by atoms with Crippen molar-refractivity contribution in [1.82, 2.24) is 0 Å². The average Bonchev–Trinajstić information content (AvgIpc) is 2.47. The summed E-state index contributed by atoms with van der Waals surface area (Å²) < 4.78 is 10.8. The Morgan fingerprint density at radius 3 is 2.62 bits per heavy atom. The van der Waals surface area contributed by atoms with Gasteiger partial charge in [-0.15, -0.1) is 0 Å². The van der Waals surface area contributed by atoms with Crippen LogP contribution in [-0.4, -0.2) is 12.0 Å². The molecule has 2 rings (SSSR count). The van der Waals surface area contributed by atoms with E-state index in [1.807, 2.05) is 0 Å². The minimum atomic E-state index is -0.503. The fourth-order valence-corrected chi connectivity index (χ4v) is 2.05. The van der Waals surface area contributed by atoms with Crippen LogP contribution in [-0.2, 0) is 6.54 Å². The summed E-state index contributed by atoms with van der Waals surface area (Å²) in [6, 6.07) is 9.26. The van der Waals surface area contributed by atoms with Gasteiger partial charge in [0, 0.05) is 23.2 Å². The van der Waals surface area contributed by atoms with Crippen molar-refractivity contribution in [3.8, 4) is 17.2 Å². The highest BCUT2D eigenvalue weighted by Crippen LogP contribution is 2.37. The predicted molar refractivity (Wildman–Crippen MR) is 79.1 cm³/mol. The molecular weight excluding hydrogens is 296 g/mol. The van der Waals surface area contributed by atoms with Gasteiger partial charge in [0.25, 0.3) is 5.69 Å². The third-order valence-corrected chi connectivity index (χ3v) is 3.21. The lowest BCUT2D eigenvalue weighted by molar-refractivity contribution is -0.384. The highest BCUT2D eigenvalue weighted by atomic mass is 35.5. The third kappa shape index (κ3) is 3.24. The summed E-state index contributed by atoms with van der Waals surface area (Å²) in [6.07, 6.45) is 0. The maximum Gasteiger partial charge on any atom is 0.273 e. The number of methoxy groups -OCH3 is 1. The number of benzene rings is 2. The summed E-state index contributed by atoms with van der Waals surface area (Å²) in [7, 11) is 1.41. The Morgan fingerprint density at radius 2 is 2.00 bits per heavy atom. The number of hydrogen-bond donors (Lipinski definition) is 1. The first-order valence-corrected chi connectivity index (χ1v) is 6.42. The summed E-state index contributed by atoms with van der Waals surface area (Å²) in [5, 5.41) is 11.3. The van der Waals surface area contributed by atoms with Gasteiger partial charge in [0.1, 0.15) is 5.75 Å². The Morgan fingerprint density at radius 1 is 1.24 bits per heavy atom. The monoisotopic (exact) mass is 308 g/mol. The highest BCUT2D eigenvalue weighted by molar-refractivity contribution is 6.31. The number of nitrogens with two attached hydrogens (primary N) is 1. The third-order valence-electron chi connectivity index (χ3n) is 2.86. The predicted octanol–water partition coefficient (Wildman–Crippen LogP) is 3.51. The number of hydrogen-bond acceptors (Lipinski definition) is 5. The second-order valence-electron chi connectivity index (χ2n) is 4.11. The lowest BCUT2D eigenvalue weighted by Crippen LogP contribution is -2.01. The molecule has 2 N–H and O–H groups in total. The molecule has 0 radical (unpaired) electrons. The second-order valence-corrected chi connectivity index (χ2v) is 4.52. The van der Waals surface area contributed by atoms with Crippen molar-refractivity contribution in [2.45, 2.75) is 6.54 Å². The topological polar surface area (TPSA) is 87.6 Å². The molecule has 0 aromatic heterocycles. The average molecular weight is 309 g/mol. The smallest absolute Gasteiger partial charge is 0.273 e. The normalized spacial score (nSPS) is 10.2. The summed E-state index contributed by atoms with van der Waals surface area (Å²) in [4.78, 5) is 10.3. The van der Waals surface area contributed by atoms with Crippen molar-refractivity contribution in [2.75, 3.05) is 7.11 Å². The molecule has 0 atom stereocenters. The van der Waals surface area contributed by atoms with Crippen molar-refractivity contribution in [3.05, 3.63) is 57.1 Å². The zero-order valence-corrected chi connectivity index (χ0v) is 12.0. The molecule has 6 nitrogen and oxygen atoms in total. The van der Waals surface area contributed by atoms with Gasteiger partial charge in [0.05, 0.1) is 18.1 Å². The van der Waals surface area contributed by atoms with Crippen LogP contribution in [0.3, 0.4) is 0 Å². The van der Waals surface area contributed by atoms with Crippen LogP contribution < -0.4 is 15.2 Å². The van der Waals surface area contributed by atoms with Crippen LogP contribution in [0.4, 0.5) is 5.69 Å². The molecule has 2 aromatic rings. The maximum atomic E-state index is 10.8. The molecular formula is C14H13ClN2O4. The van der Waals surface area contributed by atoms with E-state index in [0.29, 0.717) is 22.1 Å². The highest BCUT2D eigenvalue weighted by Gasteiger charge is 2.15. The Labute approximate surface area is 126 Å². The molecule has 0 aliphatic heterocycles. The zero-order chi connectivity index (χ0) is 15.4. The molecule has 0 fully saturated rings. The number of nitro groups is 1. The van der Waals surface area contributed by atoms with Crippen LogP contribution in [0.1, 0.15) is 5.56 Å². The number of nitrogens with zero attached hydrogens (tertiary/aromatic N) is 1. The minimum absolute atomic E-state index is 0.0793. The van der Waals surface area contributed by atoms with Crippen LogP contribution in [0.5, 0.6) is 17.2 Å². The summed E-state index contributed by atoms with van der Waals surface area (Å²) in [6.45, 7) is 0.213. The number of nitro benzene ring substituents is 1. The lowest BCUT2D eigenvalue weighted by atomic mass is 10.2. The molecule has 0 aliphatic rings. The van der Waals surface area contributed by atoms with Gasteiger partial charge in [-0.3, -0.25) is 10.1 Å². The van der Waals surface area contributed by atoms with E-state index in [2.05, 4.69) is 0 Å². The van der Waals surface area contributed by atoms with E-state index < -0.39 is 4.92 Å². The Balaban J connectivity index is 2.40. The van der Waals surface area contributed by atoms with Gasteiger partial charge in [-0.2, -0.15) is 0 Å². The van der Waals surface area contributed by atoms with E-state index in [1.165, 1.54) is 25.3 Å². The molecule has 0 amide bonds. The van der Waals surface area contributed by atoms with Crippen LogP contribution in [0.15, 0.2) is 36.4 Å². The number of ether oxygens (including phenoxy) is 2. The fourth-order valence-electron chi connectivity index (χ4n) is 1.81. The molecule has 2 aromatic carbocycles. The molecule has 0 unspecified atom stereocenters. The van der Waals surface area contributed by atoms with Crippen molar-refractivity contribution in [2.24, 2.45) is 5.73 Å². The first-order valence-electron chi connectivity index (χ1n) is 6.04. The van der Waals surface area contributed by atoms with Crippen molar-refractivity contribution >= 4 is 17.3 Å². The van der Waals surface area contributed by atoms with E-state index in [9.17, 15) is 10.1 Å². The molecule has 110 valence electrons. The Bertz CT molecular complexity index is 676. The summed E-state index contributed by atoms with van der Waals surface area (Å²) >= 11 is 6.06. The molecule has 0 spiro atoms. The molecule has 7 heteroatoms. The van der Waals surface area contributed by atoms with Gasteiger partial charge in [0.2, 0.25) is 0 Å². The molecule has 0 saturated carbocycles. The van der Waals surface area contributed by atoms with Gasteiger partial charge in [-0.25, -0.2) is 0 Å². The summed E-state index contributed by atoms with van der Waals surface area (Å²) in [5.41, 5.74) is 6.23. The Kier molecular flexibility index (Phi) is 4.62. The largest absolute Gasteiger partial charge is 0.493 e. The van der Waals surface area contributed by atoms with Crippen LogP contribution in [0, 0.1) is 10.1 Å². The SMILES string of the molecule is COc1cc([N+](=O)[O-])ccc1Oc1cccc(Cl)c1CN. The standard InChI is InChI=1S/C14H13ClN2O4/c1-20-14-7-9(17(18)19)5-6-13(14)21-12-4-2-3-11(15)10(12)8-16/h2-7H,8,16H2,1H3. The van der Waals surface area contributed by atoms with Crippen LogP contribution >= 0.6 is 11.6 Å². The van der Waals surface area contributed by atoms with Gasteiger partial charge in [0.15, 0.2) is 11.5 Å². The molecule has 0 saturated heterocycles. The maximum absolute atomic E-state index is 10.8. The van der Waals surface area contributed by atoms with E-state index in [4.69, 9.17) is 26.8 Å². The van der Waals surface area contributed by atoms with E-state index in [1.54, 1.807) is 18.2 Å². The Hall–Kier alpha value is -2.31. The molecule has 21 heavy (non-hydrogen) atoms. The first kappa shape index (κ1) is 15.1.